The molecule has 3 aromatic rings. The van der Waals surface area contributed by atoms with Gasteiger partial charge in [0.2, 0.25) is 0 Å². The SMILES string of the molecule is CCC(C)(C)n1nnnc1[C@H](c1ccc(F)cc1)N1CCN(c2ccc(OC)cc2)CC1. The maximum absolute atomic E-state index is 13.7. The second-order valence-electron chi connectivity index (χ2n) is 8.79. The van der Waals surface area contributed by atoms with Crippen LogP contribution in [0.2, 0.25) is 0 Å². The van der Waals surface area contributed by atoms with Gasteiger partial charge < -0.3 is 9.64 Å². The van der Waals surface area contributed by atoms with Gasteiger partial charge >= 0.3 is 0 Å². The summed E-state index contributed by atoms with van der Waals surface area (Å²) in [5.41, 5.74) is 1.95. The Kier molecular flexibility index (Phi) is 6.41. The number of ether oxygens (including phenoxy) is 1. The summed E-state index contributed by atoms with van der Waals surface area (Å²) in [5, 5.41) is 12.8. The summed E-state index contributed by atoms with van der Waals surface area (Å²) in [4.78, 5) is 4.76. The molecule has 1 aliphatic heterocycles. The third-order valence-corrected chi connectivity index (χ3v) is 6.48. The van der Waals surface area contributed by atoms with E-state index < -0.39 is 0 Å². The molecule has 0 N–H and O–H groups in total. The summed E-state index contributed by atoms with van der Waals surface area (Å²) in [6.45, 7) is 9.84. The van der Waals surface area contributed by atoms with Crippen molar-refractivity contribution in [2.24, 2.45) is 0 Å². The van der Waals surface area contributed by atoms with Crippen LogP contribution in [0.4, 0.5) is 10.1 Å². The number of methoxy groups -OCH3 is 1. The quantitative estimate of drug-likeness (QED) is 0.558. The summed E-state index contributed by atoms with van der Waals surface area (Å²) in [6.07, 6.45) is 0.895. The number of anilines is 1. The summed E-state index contributed by atoms with van der Waals surface area (Å²) >= 11 is 0. The second-order valence-corrected chi connectivity index (χ2v) is 8.79. The van der Waals surface area contributed by atoms with Crippen molar-refractivity contribution in [2.45, 2.75) is 38.8 Å². The van der Waals surface area contributed by atoms with Gasteiger partial charge in [-0.2, -0.15) is 0 Å². The molecule has 4 rings (SSSR count). The standard InChI is InChI=1S/C24H31FN6O/c1-5-24(2,3)31-23(26-27-28-31)22(18-6-8-19(25)9-7-18)30-16-14-29(15-17-30)20-10-12-21(32-4)13-11-20/h6-13,22H,5,14-17H2,1-4H3/t22-/m0/s1. The lowest BCUT2D eigenvalue weighted by molar-refractivity contribution is 0.187. The molecule has 7 nitrogen and oxygen atoms in total. The van der Waals surface area contributed by atoms with E-state index in [-0.39, 0.29) is 17.4 Å². The first-order valence-electron chi connectivity index (χ1n) is 11.1. The average molecular weight is 439 g/mol. The lowest BCUT2D eigenvalue weighted by atomic mass is 9.99. The van der Waals surface area contributed by atoms with Crippen molar-refractivity contribution in [1.82, 2.24) is 25.1 Å². The first-order chi connectivity index (χ1) is 15.4. The van der Waals surface area contributed by atoms with Crippen molar-refractivity contribution >= 4 is 5.69 Å². The highest BCUT2D eigenvalue weighted by molar-refractivity contribution is 5.49. The van der Waals surface area contributed by atoms with Gasteiger partial charge in [0.25, 0.3) is 0 Å². The fraction of sp³-hybridized carbons (Fsp3) is 0.458. The number of aromatic nitrogens is 4. The van der Waals surface area contributed by atoms with Crippen molar-refractivity contribution < 1.29 is 9.13 Å². The van der Waals surface area contributed by atoms with Crippen LogP contribution in [0.25, 0.3) is 0 Å². The monoisotopic (exact) mass is 438 g/mol. The average Bonchev–Trinajstić information content (AvgIpc) is 3.31. The zero-order valence-electron chi connectivity index (χ0n) is 19.2. The maximum atomic E-state index is 13.7. The third-order valence-electron chi connectivity index (χ3n) is 6.48. The number of rotatable bonds is 7. The minimum absolute atomic E-state index is 0.144. The molecule has 0 bridgehead atoms. The Morgan fingerprint density at radius 2 is 1.66 bits per heavy atom. The molecule has 2 aromatic carbocycles. The molecule has 0 radical (unpaired) electrons. The molecule has 2 heterocycles. The maximum Gasteiger partial charge on any atom is 0.173 e. The largest absolute Gasteiger partial charge is 0.497 e. The Hall–Kier alpha value is -3.00. The van der Waals surface area contributed by atoms with Gasteiger partial charge in [0.1, 0.15) is 11.6 Å². The smallest absolute Gasteiger partial charge is 0.173 e. The van der Waals surface area contributed by atoms with Gasteiger partial charge in [0.05, 0.1) is 18.7 Å². The molecule has 32 heavy (non-hydrogen) atoms. The van der Waals surface area contributed by atoms with Crippen LogP contribution in [-0.4, -0.2) is 58.4 Å². The predicted octanol–water partition coefficient (Wildman–Crippen LogP) is 3.88. The fourth-order valence-corrected chi connectivity index (χ4v) is 4.15. The zero-order valence-corrected chi connectivity index (χ0v) is 19.2. The van der Waals surface area contributed by atoms with Gasteiger partial charge in [-0.05, 0) is 72.7 Å². The van der Waals surface area contributed by atoms with Crippen molar-refractivity contribution in [3.63, 3.8) is 0 Å². The molecule has 1 saturated heterocycles. The number of halogens is 1. The van der Waals surface area contributed by atoms with Crippen molar-refractivity contribution in [3.05, 3.63) is 65.7 Å². The lowest BCUT2D eigenvalue weighted by Crippen LogP contribution is -2.48. The first kappa shape index (κ1) is 22.2. The Labute approximate surface area is 188 Å². The normalized spacial score (nSPS) is 16.2. The van der Waals surface area contributed by atoms with E-state index in [1.807, 2.05) is 28.9 Å². The fourth-order valence-electron chi connectivity index (χ4n) is 4.15. The van der Waals surface area contributed by atoms with Crippen LogP contribution in [0.1, 0.15) is 44.6 Å². The molecule has 0 aliphatic carbocycles. The Morgan fingerprint density at radius 1 is 1.00 bits per heavy atom. The zero-order chi connectivity index (χ0) is 22.7. The van der Waals surface area contributed by atoms with Crippen molar-refractivity contribution in [1.29, 1.82) is 0 Å². The third kappa shape index (κ3) is 4.46. The number of piperazine rings is 1. The molecule has 1 aliphatic rings. The topological polar surface area (TPSA) is 59.3 Å². The summed E-state index contributed by atoms with van der Waals surface area (Å²) in [6, 6.07) is 14.7. The lowest BCUT2D eigenvalue weighted by Gasteiger charge is -2.40. The van der Waals surface area contributed by atoms with Crippen molar-refractivity contribution in [2.75, 3.05) is 38.2 Å². The van der Waals surface area contributed by atoms with E-state index in [4.69, 9.17) is 4.74 Å². The summed E-state index contributed by atoms with van der Waals surface area (Å²) in [5.74, 6) is 1.40. The van der Waals surface area contributed by atoms with Gasteiger partial charge in [-0.1, -0.05) is 19.1 Å². The highest BCUT2D eigenvalue weighted by Crippen LogP contribution is 2.32. The minimum atomic E-state index is -0.245. The Bertz CT molecular complexity index is 1010. The number of tetrazole rings is 1. The van der Waals surface area contributed by atoms with Gasteiger partial charge in [-0.25, -0.2) is 9.07 Å². The van der Waals surface area contributed by atoms with E-state index >= 15 is 0 Å². The van der Waals surface area contributed by atoms with Gasteiger partial charge in [0.15, 0.2) is 5.82 Å². The van der Waals surface area contributed by atoms with Crippen LogP contribution in [0.15, 0.2) is 48.5 Å². The molecular weight excluding hydrogens is 407 g/mol. The molecular formula is C24H31FN6O. The minimum Gasteiger partial charge on any atom is -0.497 e. The van der Waals surface area contributed by atoms with E-state index in [1.54, 1.807) is 7.11 Å². The highest BCUT2D eigenvalue weighted by atomic mass is 19.1. The molecule has 0 unspecified atom stereocenters. The van der Waals surface area contributed by atoms with E-state index in [9.17, 15) is 4.39 Å². The molecule has 1 atom stereocenters. The molecule has 0 amide bonds. The molecule has 1 fully saturated rings. The van der Waals surface area contributed by atoms with E-state index in [0.29, 0.717) is 0 Å². The van der Waals surface area contributed by atoms with Crippen LogP contribution < -0.4 is 9.64 Å². The van der Waals surface area contributed by atoms with E-state index in [0.717, 1.165) is 49.7 Å². The number of hydrogen-bond donors (Lipinski definition) is 0. The molecule has 0 saturated carbocycles. The Balaban J connectivity index is 1.61. The van der Waals surface area contributed by atoms with E-state index in [1.165, 1.54) is 17.8 Å². The predicted molar refractivity (Wildman–Crippen MR) is 122 cm³/mol. The van der Waals surface area contributed by atoms with Gasteiger partial charge in [-0.3, -0.25) is 4.90 Å². The van der Waals surface area contributed by atoms with E-state index in [2.05, 4.69) is 58.2 Å². The van der Waals surface area contributed by atoms with Crippen LogP contribution in [0, 0.1) is 5.82 Å². The highest BCUT2D eigenvalue weighted by Gasteiger charge is 2.34. The number of benzene rings is 2. The second kappa shape index (κ2) is 9.24. The van der Waals surface area contributed by atoms with Gasteiger partial charge in [-0.15, -0.1) is 5.10 Å². The van der Waals surface area contributed by atoms with Crippen LogP contribution in [0.5, 0.6) is 5.75 Å². The van der Waals surface area contributed by atoms with Crippen LogP contribution in [-0.2, 0) is 5.54 Å². The molecule has 0 spiro atoms. The summed E-state index contributed by atoms with van der Waals surface area (Å²) < 4.78 is 20.9. The van der Waals surface area contributed by atoms with Gasteiger partial charge in [0, 0.05) is 31.9 Å². The molecule has 170 valence electrons. The first-order valence-corrected chi connectivity index (χ1v) is 11.1. The van der Waals surface area contributed by atoms with Crippen molar-refractivity contribution in [3.8, 4) is 5.75 Å². The number of hydrogen-bond acceptors (Lipinski definition) is 6. The van der Waals surface area contributed by atoms with Crippen LogP contribution in [0.3, 0.4) is 0 Å². The molecule has 8 heteroatoms. The van der Waals surface area contributed by atoms with Crippen LogP contribution >= 0.6 is 0 Å². The molecule has 1 aromatic heterocycles. The summed E-state index contributed by atoms with van der Waals surface area (Å²) in [7, 11) is 1.68. The Morgan fingerprint density at radius 3 is 2.25 bits per heavy atom. The number of nitrogens with zero attached hydrogens (tertiary/aromatic N) is 6.